The minimum absolute atomic E-state index is 0. The summed E-state index contributed by atoms with van der Waals surface area (Å²) in [7, 11) is 0. The van der Waals surface area contributed by atoms with Gasteiger partial charge in [0.05, 0.1) is 5.69 Å². The molecule has 0 aliphatic heterocycles. The van der Waals surface area contributed by atoms with E-state index >= 15 is 0 Å². The third-order valence-corrected chi connectivity index (χ3v) is 4.24. The molecule has 0 saturated carbocycles. The monoisotopic (exact) mass is 430 g/mol. The number of hydrogen-bond donors (Lipinski definition) is 1. The van der Waals surface area contributed by atoms with Crippen molar-refractivity contribution in [1.82, 2.24) is 9.88 Å². The van der Waals surface area contributed by atoms with Gasteiger partial charge in [-0.2, -0.15) is 0 Å². The van der Waals surface area contributed by atoms with E-state index in [-0.39, 0.29) is 24.0 Å². The van der Waals surface area contributed by atoms with Crippen molar-refractivity contribution in [2.45, 2.75) is 20.3 Å². The van der Waals surface area contributed by atoms with Gasteiger partial charge in [0.2, 0.25) is 0 Å². The van der Waals surface area contributed by atoms with E-state index < -0.39 is 0 Å². The molecule has 1 aromatic carbocycles. The van der Waals surface area contributed by atoms with Gasteiger partial charge in [0, 0.05) is 37.0 Å². The number of hydrogen-bond acceptors (Lipinski definition) is 3. The van der Waals surface area contributed by atoms with Gasteiger partial charge < -0.3 is 10.6 Å². The normalized spacial score (nSPS) is 11.1. The van der Waals surface area contributed by atoms with Crippen molar-refractivity contribution in [3.63, 3.8) is 0 Å². The van der Waals surface area contributed by atoms with Crippen LogP contribution >= 0.6 is 35.3 Å². The Morgan fingerprint density at radius 3 is 2.55 bits per heavy atom. The van der Waals surface area contributed by atoms with Crippen molar-refractivity contribution in [1.29, 1.82) is 0 Å². The zero-order chi connectivity index (χ0) is 15.1. The molecule has 2 aromatic rings. The van der Waals surface area contributed by atoms with E-state index in [4.69, 9.17) is 5.73 Å². The summed E-state index contributed by atoms with van der Waals surface area (Å²) in [6.45, 7) is 6.62. The van der Waals surface area contributed by atoms with Gasteiger partial charge in [-0.3, -0.25) is 4.99 Å². The first kappa shape index (κ1) is 18.9. The first-order chi connectivity index (χ1) is 10.2. The second kappa shape index (κ2) is 9.78. The number of thiazole rings is 1. The molecule has 0 spiro atoms. The maximum Gasteiger partial charge on any atom is 0.191 e. The lowest BCUT2D eigenvalue weighted by molar-refractivity contribution is 0.458. The van der Waals surface area contributed by atoms with Crippen LogP contribution in [0.2, 0.25) is 0 Å². The number of nitrogens with zero attached hydrogens (tertiary/aromatic N) is 3. The standard InChI is InChI=1S/C16H22N4S.HI/c1-3-20(4-2)16(17)18-11-10-14-12-21-15(19-14)13-8-6-5-7-9-13;/h5-9,12H,3-4,10-11H2,1-2H3,(H2,17,18);1H. The van der Waals surface area contributed by atoms with Gasteiger partial charge in [0.25, 0.3) is 0 Å². The van der Waals surface area contributed by atoms with Crippen molar-refractivity contribution >= 4 is 41.3 Å². The number of aliphatic imine (C=N–C) groups is 1. The maximum atomic E-state index is 5.96. The zero-order valence-electron chi connectivity index (χ0n) is 13.0. The second-order valence-electron chi connectivity index (χ2n) is 4.67. The molecule has 0 radical (unpaired) electrons. The summed E-state index contributed by atoms with van der Waals surface area (Å²) < 4.78 is 0. The fourth-order valence-electron chi connectivity index (χ4n) is 2.07. The van der Waals surface area contributed by atoms with Gasteiger partial charge in [-0.1, -0.05) is 30.3 Å². The number of rotatable bonds is 6. The largest absolute Gasteiger partial charge is 0.370 e. The lowest BCUT2D eigenvalue weighted by atomic mass is 10.2. The third-order valence-electron chi connectivity index (χ3n) is 3.30. The Morgan fingerprint density at radius 1 is 1.23 bits per heavy atom. The van der Waals surface area contributed by atoms with Crippen LogP contribution in [0.5, 0.6) is 0 Å². The highest BCUT2D eigenvalue weighted by Crippen LogP contribution is 2.23. The van der Waals surface area contributed by atoms with Crippen molar-refractivity contribution < 1.29 is 0 Å². The van der Waals surface area contributed by atoms with Crippen molar-refractivity contribution in [3.8, 4) is 10.6 Å². The molecular formula is C16H23IN4S. The molecule has 22 heavy (non-hydrogen) atoms. The molecule has 2 N–H and O–H groups in total. The highest BCUT2D eigenvalue weighted by Gasteiger charge is 2.05. The van der Waals surface area contributed by atoms with Crippen molar-refractivity contribution in [2.75, 3.05) is 19.6 Å². The van der Waals surface area contributed by atoms with E-state index in [9.17, 15) is 0 Å². The molecule has 0 amide bonds. The lowest BCUT2D eigenvalue weighted by Crippen LogP contribution is -2.37. The topological polar surface area (TPSA) is 54.5 Å². The molecule has 0 bridgehead atoms. The average molecular weight is 430 g/mol. The van der Waals surface area contributed by atoms with Crippen LogP contribution in [0.15, 0.2) is 40.7 Å². The van der Waals surface area contributed by atoms with Crippen LogP contribution in [-0.4, -0.2) is 35.5 Å². The van der Waals surface area contributed by atoms with E-state index in [2.05, 4.69) is 46.2 Å². The van der Waals surface area contributed by atoms with Gasteiger partial charge >= 0.3 is 0 Å². The Balaban J connectivity index is 0.00000242. The first-order valence-electron chi connectivity index (χ1n) is 7.29. The summed E-state index contributed by atoms with van der Waals surface area (Å²) in [5.74, 6) is 0.624. The Morgan fingerprint density at radius 2 is 1.91 bits per heavy atom. The van der Waals surface area contributed by atoms with E-state index in [1.807, 2.05) is 18.2 Å². The summed E-state index contributed by atoms with van der Waals surface area (Å²) in [4.78, 5) is 11.1. The van der Waals surface area contributed by atoms with Crippen LogP contribution in [0, 0.1) is 0 Å². The predicted octanol–water partition coefficient (Wildman–Crippen LogP) is 3.63. The van der Waals surface area contributed by atoms with E-state index in [1.54, 1.807) is 11.3 Å². The Hall–Kier alpha value is -1.15. The third kappa shape index (κ3) is 5.24. The highest BCUT2D eigenvalue weighted by molar-refractivity contribution is 14.0. The Kier molecular flexibility index (Phi) is 8.40. The van der Waals surface area contributed by atoms with Crippen molar-refractivity contribution in [3.05, 3.63) is 41.4 Å². The van der Waals surface area contributed by atoms with Crippen molar-refractivity contribution in [2.24, 2.45) is 10.7 Å². The Labute approximate surface area is 153 Å². The van der Waals surface area contributed by atoms with E-state index in [1.165, 1.54) is 5.56 Å². The molecule has 0 unspecified atom stereocenters. The van der Waals surface area contributed by atoms with Gasteiger partial charge in [0.1, 0.15) is 5.01 Å². The molecule has 0 atom stereocenters. The van der Waals surface area contributed by atoms with Gasteiger partial charge in [-0.25, -0.2) is 4.98 Å². The molecule has 2 rings (SSSR count). The van der Waals surface area contributed by atoms with Crippen LogP contribution in [0.3, 0.4) is 0 Å². The smallest absolute Gasteiger partial charge is 0.191 e. The van der Waals surface area contributed by atoms with E-state index in [0.717, 1.165) is 30.2 Å². The predicted molar refractivity (Wildman–Crippen MR) is 106 cm³/mol. The van der Waals surface area contributed by atoms with Gasteiger partial charge in [-0.05, 0) is 13.8 Å². The fourth-order valence-corrected chi connectivity index (χ4v) is 2.93. The summed E-state index contributed by atoms with van der Waals surface area (Å²) in [6, 6.07) is 10.2. The number of halogens is 1. The van der Waals surface area contributed by atoms with Crippen LogP contribution in [0.4, 0.5) is 0 Å². The molecule has 0 fully saturated rings. The minimum Gasteiger partial charge on any atom is -0.370 e. The van der Waals surface area contributed by atoms with Crippen LogP contribution in [0.1, 0.15) is 19.5 Å². The van der Waals surface area contributed by atoms with Gasteiger partial charge in [0.15, 0.2) is 5.96 Å². The number of nitrogens with two attached hydrogens (primary N) is 1. The molecule has 4 nitrogen and oxygen atoms in total. The second-order valence-corrected chi connectivity index (χ2v) is 5.53. The number of guanidine groups is 1. The average Bonchev–Trinajstić information content (AvgIpc) is 2.98. The number of benzene rings is 1. The van der Waals surface area contributed by atoms with Crippen LogP contribution in [-0.2, 0) is 6.42 Å². The zero-order valence-corrected chi connectivity index (χ0v) is 16.2. The summed E-state index contributed by atoms with van der Waals surface area (Å²) in [6.07, 6.45) is 0.825. The lowest BCUT2D eigenvalue weighted by Gasteiger charge is -2.19. The molecular weight excluding hydrogens is 407 g/mol. The number of aromatic nitrogens is 1. The molecule has 6 heteroatoms. The minimum atomic E-state index is 0. The fraction of sp³-hybridized carbons (Fsp3) is 0.375. The summed E-state index contributed by atoms with van der Waals surface area (Å²) in [5.41, 5.74) is 8.20. The maximum absolute atomic E-state index is 5.96. The van der Waals surface area contributed by atoms with Crippen LogP contribution in [0.25, 0.3) is 10.6 Å². The molecule has 0 aliphatic rings. The van der Waals surface area contributed by atoms with Gasteiger partial charge in [-0.15, -0.1) is 35.3 Å². The van der Waals surface area contributed by atoms with E-state index in [0.29, 0.717) is 12.5 Å². The molecule has 0 saturated heterocycles. The van der Waals surface area contributed by atoms with Crippen LogP contribution < -0.4 is 5.73 Å². The quantitative estimate of drug-likeness (QED) is 0.433. The molecule has 1 aromatic heterocycles. The molecule has 120 valence electrons. The SMILES string of the molecule is CCN(CC)C(N)=NCCc1csc(-c2ccccc2)n1.I. The summed E-state index contributed by atoms with van der Waals surface area (Å²) >= 11 is 1.68. The molecule has 0 aliphatic carbocycles. The Bertz CT molecular complexity index is 579. The first-order valence-corrected chi connectivity index (χ1v) is 8.17. The highest BCUT2D eigenvalue weighted by atomic mass is 127. The summed E-state index contributed by atoms with van der Waals surface area (Å²) in [5, 5.41) is 3.16. The molecule has 1 heterocycles.